The zero-order valence-electron chi connectivity index (χ0n) is 16.4. The first-order valence-electron chi connectivity index (χ1n) is 10.2. The SMILES string of the molecule is O=C(O)c1ccc(-c2ccnn3cc(-c4ccccc4F)cc23)cc1C1CCCC1. The Balaban J connectivity index is 1.65. The quantitative estimate of drug-likeness (QED) is 0.446. The van der Waals surface area contributed by atoms with E-state index in [1.165, 1.54) is 6.07 Å². The molecular formula is C25H21FN2O2. The van der Waals surface area contributed by atoms with Crippen LogP contribution in [0.25, 0.3) is 27.8 Å². The Hall–Kier alpha value is -3.47. The molecule has 0 atom stereocenters. The van der Waals surface area contributed by atoms with Crippen LogP contribution < -0.4 is 0 Å². The number of rotatable bonds is 4. The van der Waals surface area contributed by atoms with Crippen LogP contribution >= 0.6 is 0 Å². The molecule has 0 spiro atoms. The fourth-order valence-electron chi connectivity index (χ4n) is 4.60. The molecule has 0 unspecified atom stereocenters. The number of nitrogens with zero attached hydrogens (tertiary/aromatic N) is 2. The van der Waals surface area contributed by atoms with E-state index < -0.39 is 5.97 Å². The van der Waals surface area contributed by atoms with Crippen molar-refractivity contribution >= 4 is 11.5 Å². The van der Waals surface area contributed by atoms with E-state index in [0.29, 0.717) is 11.1 Å². The highest BCUT2D eigenvalue weighted by molar-refractivity contribution is 5.92. The number of halogens is 1. The summed E-state index contributed by atoms with van der Waals surface area (Å²) in [6, 6.07) is 16.1. The largest absolute Gasteiger partial charge is 0.478 e. The molecular weight excluding hydrogens is 379 g/mol. The van der Waals surface area contributed by atoms with Crippen LogP contribution in [0.15, 0.2) is 67.0 Å². The topological polar surface area (TPSA) is 54.6 Å². The van der Waals surface area contributed by atoms with E-state index in [9.17, 15) is 14.3 Å². The van der Waals surface area contributed by atoms with Crippen molar-refractivity contribution < 1.29 is 14.3 Å². The van der Waals surface area contributed by atoms with Crippen molar-refractivity contribution in [1.29, 1.82) is 0 Å². The van der Waals surface area contributed by atoms with Crippen molar-refractivity contribution in [3.8, 4) is 22.3 Å². The Bertz CT molecular complexity index is 1260. The molecule has 0 amide bonds. The van der Waals surface area contributed by atoms with Gasteiger partial charge in [-0.25, -0.2) is 13.7 Å². The number of carboxylic acid groups (broad SMARTS) is 1. The minimum atomic E-state index is -0.882. The van der Waals surface area contributed by atoms with Gasteiger partial charge in [0.15, 0.2) is 0 Å². The van der Waals surface area contributed by atoms with Crippen LogP contribution in [0.4, 0.5) is 4.39 Å². The zero-order chi connectivity index (χ0) is 20.7. The first kappa shape index (κ1) is 18.6. The number of hydrogen-bond acceptors (Lipinski definition) is 2. The second-order valence-electron chi connectivity index (χ2n) is 7.87. The maximum Gasteiger partial charge on any atom is 0.335 e. The summed E-state index contributed by atoms with van der Waals surface area (Å²) in [4.78, 5) is 11.8. The minimum absolute atomic E-state index is 0.274. The van der Waals surface area contributed by atoms with Gasteiger partial charge in [0.1, 0.15) is 5.82 Å². The summed E-state index contributed by atoms with van der Waals surface area (Å²) in [7, 11) is 0. The Morgan fingerprint density at radius 2 is 1.80 bits per heavy atom. The van der Waals surface area contributed by atoms with Gasteiger partial charge in [0.2, 0.25) is 0 Å². The first-order chi connectivity index (χ1) is 14.6. The lowest BCUT2D eigenvalue weighted by atomic mass is 9.89. The van der Waals surface area contributed by atoms with Crippen molar-refractivity contribution in [3.05, 3.63) is 83.9 Å². The summed E-state index contributed by atoms with van der Waals surface area (Å²) < 4.78 is 16.0. The van der Waals surface area contributed by atoms with Gasteiger partial charge >= 0.3 is 5.97 Å². The van der Waals surface area contributed by atoms with Crippen molar-refractivity contribution in [2.75, 3.05) is 0 Å². The Morgan fingerprint density at radius 3 is 2.57 bits per heavy atom. The molecule has 2 aromatic heterocycles. The summed E-state index contributed by atoms with van der Waals surface area (Å²) in [5.41, 5.74) is 5.34. The first-order valence-corrected chi connectivity index (χ1v) is 10.2. The Labute approximate surface area is 173 Å². The van der Waals surface area contributed by atoms with Crippen LogP contribution in [0.2, 0.25) is 0 Å². The molecule has 5 rings (SSSR count). The molecule has 1 saturated carbocycles. The predicted octanol–water partition coefficient (Wildman–Crippen LogP) is 6.16. The standard InChI is InChI=1S/C25H21FN2O2/c26-23-8-4-3-7-19(23)18-14-24-20(11-12-27-28(24)15-18)17-9-10-21(25(29)30)22(13-17)16-5-1-2-6-16/h3-4,7-16H,1-2,5-6H2,(H,29,30). The third-order valence-corrected chi connectivity index (χ3v) is 6.08. The molecule has 0 bridgehead atoms. The lowest BCUT2D eigenvalue weighted by Gasteiger charge is -2.15. The molecule has 2 heterocycles. The van der Waals surface area contributed by atoms with Gasteiger partial charge < -0.3 is 5.11 Å². The molecule has 1 fully saturated rings. The number of aromatic carboxylic acids is 1. The molecule has 1 aliphatic carbocycles. The van der Waals surface area contributed by atoms with Crippen LogP contribution in [0.5, 0.6) is 0 Å². The van der Waals surface area contributed by atoms with Gasteiger partial charge in [0, 0.05) is 29.1 Å². The summed E-state index contributed by atoms with van der Waals surface area (Å²) in [6.07, 6.45) is 7.86. The summed E-state index contributed by atoms with van der Waals surface area (Å²) in [6.45, 7) is 0. The molecule has 2 aromatic carbocycles. The van der Waals surface area contributed by atoms with Gasteiger partial charge in [-0.05, 0) is 60.2 Å². The lowest BCUT2D eigenvalue weighted by molar-refractivity contribution is 0.0695. The second kappa shape index (κ2) is 7.41. The van der Waals surface area contributed by atoms with Gasteiger partial charge in [-0.15, -0.1) is 0 Å². The molecule has 1 aliphatic rings. The summed E-state index contributed by atoms with van der Waals surface area (Å²) in [5.74, 6) is -0.869. The maximum absolute atomic E-state index is 14.3. The monoisotopic (exact) mass is 400 g/mol. The third-order valence-electron chi connectivity index (χ3n) is 6.08. The number of carboxylic acids is 1. The summed E-state index contributed by atoms with van der Waals surface area (Å²) in [5, 5.41) is 14.1. The van der Waals surface area contributed by atoms with E-state index in [4.69, 9.17) is 0 Å². The van der Waals surface area contributed by atoms with Gasteiger partial charge in [-0.3, -0.25) is 0 Å². The van der Waals surface area contributed by atoms with Crippen molar-refractivity contribution in [2.24, 2.45) is 0 Å². The van der Waals surface area contributed by atoms with E-state index in [1.54, 1.807) is 28.9 Å². The van der Waals surface area contributed by atoms with E-state index in [2.05, 4.69) is 5.10 Å². The van der Waals surface area contributed by atoms with Crippen LogP contribution in [-0.4, -0.2) is 20.7 Å². The predicted molar refractivity (Wildman–Crippen MR) is 114 cm³/mol. The van der Waals surface area contributed by atoms with Gasteiger partial charge in [0.25, 0.3) is 0 Å². The highest BCUT2D eigenvalue weighted by atomic mass is 19.1. The average molecular weight is 400 g/mol. The molecule has 30 heavy (non-hydrogen) atoms. The highest BCUT2D eigenvalue weighted by Crippen LogP contribution is 2.38. The lowest BCUT2D eigenvalue weighted by Crippen LogP contribution is -2.06. The van der Waals surface area contributed by atoms with Crippen LogP contribution in [-0.2, 0) is 0 Å². The number of fused-ring (bicyclic) bond motifs is 1. The number of benzene rings is 2. The third kappa shape index (κ3) is 3.16. The van der Waals surface area contributed by atoms with Gasteiger partial charge in [0.05, 0.1) is 11.1 Å². The van der Waals surface area contributed by atoms with E-state index in [-0.39, 0.29) is 11.7 Å². The normalized spacial score (nSPS) is 14.4. The molecule has 0 radical (unpaired) electrons. The van der Waals surface area contributed by atoms with Gasteiger partial charge in [-0.1, -0.05) is 37.1 Å². The Kier molecular flexibility index (Phi) is 4.58. The van der Waals surface area contributed by atoms with Crippen molar-refractivity contribution in [2.45, 2.75) is 31.6 Å². The van der Waals surface area contributed by atoms with E-state index in [1.807, 2.05) is 36.5 Å². The molecule has 4 nitrogen and oxygen atoms in total. The fourth-order valence-corrected chi connectivity index (χ4v) is 4.60. The zero-order valence-corrected chi connectivity index (χ0v) is 16.4. The number of carbonyl (C=O) groups is 1. The van der Waals surface area contributed by atoms with Crippen molar-refractivity contribution in [3.63, 3.8) is 0 Å². The molecule has 150 valence electrons. The van der Waals surface area contributed by atoms with Crippen molar-refractivity contribution in [1.82, 2.24) is 9.61 Å². The maximum atomic E-state index is 14.3. The van der Waals surface area contributed by atoms with Gasteiger partial charge in [-0.2, -0.15) is 5.10 Å². The molecule has 4 aromatic rings. The Morgan fingerprint density at radius 1 is 1.00 bits per heavy atom. The second-order valence-corrected chi connectivity index (χ2v) is 7.87. The fraction of sp³-hybridized carbons (Fsp3) is 0.200. The van der Waals surface area contributed by atoms with Crippen LogP contribution in [0.3, 0.4) is 0 Å². The summed E-state index contributed by atoms with van der Waals surface area (Å²) >= 11 is 0. The number of aromatic nitrogens is 2. The minimum Gasteiger partial charge on any atom is -0.478 e. The van der Waals surface area contributed by atoms with Crippen LogP contribution in [0, 0.1) is 5.82 Å². The smallest absolute Gasteiger partial charge is 0.335 e. The molecule has 0 saturated heterocycles. The molecule has 5 heteroatoms. The van der Waals surface area contributed by atoms with Crippen LogP contribution in [0.1, 0.15) is 47.5 Å². The molecule has 1 N–H and O–H groups in total. The van der Waals surface area contributed by atoms with E-state index in [0.717, 1.165) is 53.5 Å². The van der Waals surface area contributed by atoms with E-state index >= 15 is 0 Å². The number of hydrogen-bond donors (Lipinski definition) is 1. The highest BCUT2D eigenvalue weighted by Gasteiger charge is 2.23. The molecule has 0 aliphatic heterocycles. The average Bonchev–Trinajstić information content (AvgIpc) is 3.43.